The SMILES string of the molecule is CN1CCC/C1=C/C(=O)c1cccs1. The number of allylic oxidation sites excluding steroid dienone is 2. The molecule has 14 heavy (non-hydrogen) atoms. The van der Waals surface area contributed by atoms with Crippen molar-refractivity contribution in [2.75, 3.05) is 13.6 Å². The van der Waals surface area contributed by atoms with E-state index in [0.29, 0.717) is 0 Å². The van der Waals surface area contributed by atoms with E-state index < -0.39 is 0 Å². The number of carbonyl (C=O) groups is 1. The summed E-state index contributed by atoms with van der Waals surface area (Å²) < 4.78 is 0. The number of likely N-dealkylation sites (tertiary alicyclic amines) is 1. The molecule has 2 heterocycles. The van der Waals surface area contributed by atoms with Gasteiger partial charge in [-0.1, -0.05) is 6.07 Å². The fraction of sp³-hybridized carbons (Fsp3) is 0.364. The summed E-state index contributed by atoms with van der Waals surface area (Å²) in [6.45, 7) is 1.07. The first kappa shape index (κ1) is 9.46. The highest BCUT2D eigenvalue weighted by molar-refractivity contribution is 7.12. The van der Waals surface area contributed by atoms with E-state index in [2.05, 4.69) is 4.90 Å². The third-order valence-electron chi connectivity index (χ3n) is 2.48. The molecule has 0 amide bonds. The highest BCUT2D eigenvalue weighted by Crippen LogP contribution is 2.20. The first-order valence-electron chi connectivity index (χ1n) is 4.77. The van der Waals surface area contributed by atoms with E-state index in [-0.39, 0.29) is 5.78 Å². The Morgan fingerprint density at radius 3 is 3.07 bits per heavy atom. The van der Waals surface area contributed by atoms with Gasteiger partial charge in [-0.2, -0.15) is 0 Å². The average molecular weight is 207 g/mol. The predicted molar refractivity (Wildman–Crippen MR) is 58.6 cm³/mol. The van der Waals surface area contributed by atoms with Crippen LogP contribution in [0.4, 0.5) is 0 Å². The summed E-state index contributed by atoms with van der Waals surface area (Å²) in [4.78, 5) is 14.7. The lowest BCUT2D eigenvalue weighted by atomic mass is 10.2. The number of thiophene rings is 1. The summed E-state index contributed by atoms with van der Waals surface area (Å²) in [5.41, 5.74) is 1.17. The van der Waals surface area contributed by atoms with Gasteiger partial charge in [-0.05, 0) is 24.3 Å². The van der Waals surface area contributed by atoms with Crippen LogP contribution in [0.3, 0.4) is 0 Å². The van der Waals surface area contributed by atoms with Gasteiger partial charge in [0.25, 0.3) is 0 Å². The Kier molecular flexibility index (Phi) is 2.68. The van der Waals surface area contributed by atoms with E-state index in [4.69, 9.17) is 0 Å². The van der Waals surface area contributed by atoms with E-state index in [1.165, 1.54) is 23.5 Å². The Bertz CT molecular complexity index is 353. The van der Waals surface area contributed by atoms with Crippen molar-refractivity contribution in [3.63, 3.8) is 0 Å². The fourth-order valence-electron chi connectivity index (χ4n) is 1.66. The molecule has 1 aromatic rings. The zero-order valence-electron chi connectivity index (χ0n) is 8.19. The molecule has 0 radical (unpaired) electrons. The van der Waals surface area contributed by atoms with Gasteiger partial charge in [0, 0.05) is 25.4 Å². The molecule has 1 saturated heterocycles. The maximum atomic E-state index is 11.7. The van der Waals surface area contributed by atoms with Crippen molar-refractivity contribution >= 4 is 17.1 Å². The molecule has 0 N–H and O–H groups in total. The molecule has 3 heteroatoms. The van der Waals surface area contributed by atoms with E-state index in [9.17, 15) is 4.79 Å². The zero-order valence-corrected chi connectivity index (χ0v) is 9.01. The summed E-state index contributed by atoms with van der Waals surface area (Å²) in [5.74, 6) is 0.142. The Hall–Kier alpha value is -1.09. The van der Waals surface area contributed by atoms with Crippen LogP contribution < -0.4 is 0 Å². The van der Waals surface area contributed by atoms with Gasteiger partial charge in [-0.3, -0.25) is 4.79 Å². The minimum Gasteiger partial charge on any atom is -0.378 e. The van der Waals surface area contributed by atoms with Crippen molar-refractivity contribution in [1.82, 2.24) is 4.90 Å². The molecule has 1 aliphatic heterocycles. The minimum atomic E-state index is 0.142. The quantitative estimate of drug-likeness (QED) is 0.548. The van der Waals surface area contributed by atoms with Gasteiger partial charge in [0.1, 0.15) is 0 Å². The maximum absolute atomic E-state index is 11.7. The van der Waals surface area contributed by atoms with Crippen LogP contribution in [0.25, 0.3) is 0 Å². The summed E-state index contributed by atoms with van der Waals surface area (Å²) in [6, 6.07) is 3.79. The normalized spacial score (nSPS) is 19.2. The first-order valence-corrected chi connectivity index (χ1v) is 5.65. The van der Waals surface area contributed by atoms with Crippen LogP contribution >= 0.6 is 11.3 Å². The van der Waals surface area contributed by atoms with Crippen LogP contribution in [-0.2, 0) is 0 Å². The van der Waals surface area contributed by atoms with Crippen molar-refractivity contribution in [3.8, 4) is 0 Å². The third-order valence-corrected chi connectivity index (χ3v) is 3.36. The molecule has 1 aliphatic rings. The Labute approximate surface area is 87.9 Å². The fourth-order valence-corrected chi connectivity index (χ4v) is 2.29. The smallest absolute Gasteiger partial charge is 0.197 e. The van der Waals surface area contributed by atoms with Gasteiger partial charge in [0.15, 0.2) is 5.78 Å². The lowest BCUT2D eigenvalue weighted by Gasteiger charge is -2.11. The second kappa shape index (κ2) is 3.96. The Morgan fingerprint density at radius 2 is 2.50 bits per heavy atom. The Balaban J connectivity index is 2.14. The topological polar surface area (TPSA) is 20.3 Å². The zero-order chi connectivity index (χ0) is 9.97. The largest absolute Gasteiger partial charge is 0.378 e. The van der Waals surface area contributed by atoms with E-state index in [1.54, 1.807) is 6.08 Å². The highest BCUT2D eigenvalue weighted by Gasteiger charge is 2.14. The van der Waals surface area contributed by atoms with Crippen LogP contribution in [0.15, 0.2) is 29.3 Å². The molecule has 0 spiro atoms. The van der Waals surface area contributed by atoms with E-state index in [1.807, 2.05) is 24.6 Å². The summed E-state index contributed by atoms with van der Waals surface area (Å²) in [6.07, 6.45) is 3.98. The molecule has 0 atom stereocenters. The van der Waals surface area contributed by atoms with Crippen molar-refractivity contribution in [2.24, 2.45) is 0 Å². The van der Waals surface area contributed by atoms with Crippen LogP contribution in [0.1, 0.15) is 22.5 Å². The van der Waals surface area contributed by atoms with Crippen molar-refractivity contribution in [3.05, 3.63) is 34.2 Å². The molecule has 0 aliphatic carbocycles. The predicted octanol–water partition coefficient (Wildman–Crippen LogP) is 2.54. The van der Waals surface area contributed by atoms with Crippen LogP contribution in [0.2, 0.25) is 0 Å². The number of hydrogen-bond donors (Lipinski definition) is 0. The van der Waals surface area contributed by atoms with Gasteiger partial charge in [-0.25, -0.2) is 0 Å². The van der Waals surface area contributed by atoms with Gasteiger partial charge >= 0.3 is 0 Å². The van der Waals surface area contributed by atoms with Crippen molar-refractivity contribution in [1.29, 1.82) is 0 Å². The summed E-state index contributed by atoms with van der Waals surface area (Å²) >= 11 is 1.50. The second-order valence-electron chi connectivity index (χ2n) is 3.50. The van der Waals surface area contributed by atoms with Gasteiger partial charge in [0.2, 0.25) is 0 Å². The molecule has 2 nitrogen and oxygen atoms in total. The molecular weight excluding hydrogens is 194 g/mol. The monoisotopic (exact) mass is 207 g/mol. The molecule has 1 fully saturated rings. The lowest BCUT2D eigenvalue weighted by molar-refractivity contribution is 0.104. The molecule has 0 bridgehead atoms. The van der Waals surface area contributed by atoms with Gasteiger partial charge in [-0.15, -0.1) is 11.3 Å². The molecule has 0 saturated carbocycles. The van der Waals surface area contributed by atoms with Crippen LogP contribution in [-0.4, -0.2) is 24.3 Å². The molecular formula is C11H13NOS. The summed E-state index contributed by atoms with van der Waals surface area (Å²) in [7, 11) is 2.04. The Morgan fingerprint density at radius 1 is 1.64 bits per heavy atom. The second-order valence-corrected chi connectivity index (χ2v) is 4.45. The average Bonchev–Trinajstić information content (AvgIpc) is 2.77. The number of carbonyl (C=O) groups excluding carboxylic acids is 1. The lowest BCUT2D eigenvalue weighted by Crippen LogP contribution is -2.11. The third kappa shape index (κ3) is 1.87. The van der Waals surface area contributed by atoms with Gasteiger partial charge in [0.05, 0.1) is 4.88 Å². The maximum Gasteiger partial charge on any atom is 0.197 e. The molecule has 0 unspecified atom stereocenters. The van der Waals surface area contributed by atoms with E-state index >= 15 is 0 Å². The van der Waals surface area contributed by atoms with Crippen molar-refractivity contribution < 1.29 is 4.79 Å². The molecule has 0 aromatic carbocycles. The molecule has 2 rings (SSSR count). The summed E-state index contributed by atoms with van der Waals surface area (Å²) in [5, 5.41) is 1.93. The van der Waals surface area contributed by atoms with Crippen LogP contribution in [0, 0.1) is 0 Å². The highest BCUT2D eigenvalue weighted by atomic mass is 32.1. The first-order chi connectivity index (χ1) is 6.77. The number of hydrogen-bond acceptors (Lipinski definition) is 3. The number of rotatable bonds is 2. The minimum absolute atomic E-state index is 0.142. The number of nitrogens with zero attached hydrogens (tertiary/aromatic N) is 1. The molecule has 1 aromatic heterocycles. The van der Waals surface area contributed by atoms with Gasteiger partial charge < -0.3 is 4.90 Å². The van der Waals surface area contributed by atoms with Crippen molar-refractivity contribution in [2.45, 2.75) is 12.8 Å². The molecule has 74 valence electrons. The standard InChI is InChI=1S/C11H13NOS/c1-12-6-2-4-9(12)8-10(13)11-5-3-7-14-11/h3,5,7-8H,2,4,6H2,1H3/b9-8-. The van der Waals surface area contributed by atoms with Crippen LogP contribution in [0.5, 0.6) is 0 Å². The van der Waals surface area contributed by atoms with E-state index in [0.717, 1.165) is 17.8 Å². The number of ketones is 1.